The summed E-state index contributed by atoms with van der Waals surface area (Å²) in [6, 6.07) is 9.28. The summed E-state index contributed by atoms with van der Waals surface area (Å²) < 4.78 is 15.7. The van der Waals surface area contributed by atoms with Crippen molar-refractivity contribution in [2.45, 2.75) is 27.4 Å². The van der Waals surface area contributed by atoms with E-state index in [2.05, 4.69) is 15.2 Å². The Morgan fingerprint density at radius 3 is 2.52 bits per heavy atom. The molecule has 0 aliphatic carbocycles. The first-order chi connectivity index (χ1) is 13.0. The highest BCUT2D eigenvalue weighted by molar-refractivity contribution is 5.98. The van der Waals surface area contributed by atoms with Gasteiger partial charge in [-0.25, -0.2) is 9.59 Å². The molecule has 1 aromatic carbocycles. The fourth-order valence-corrected chi connectivity index (χ4v) is 2.67. The molecule has 0 fully saturated rings. The number of aromatic nitrogens is 3. The first-order valence-corrected chi connectivity index (χ1v) is 8.42. The van der Waals surface area contributed by atoms with Crippen molar-refractivity contribution in [3.05, 3.63) is 58.7 Å². The highest BCUT2D eigenvalue weighted by Crippen LogP contribution is 2.21. The van der Waals surface area contributed by atoms with Crippen LogP contribution in [0.1, 0.15) is 44.9 Å². The summed E-state index contributed by atoms with van der Waals surface area (Å²) in [4.78, 5) is 27.3. The van der Waals surface area contributed by atoms with Crippen LogP contribution >= 0.6 is 0 Å². The number of nitrogens with zero attached hydrogens (tertiary/aromatic N) is 2. The number of H-pyrrole nitrogens is 1. The number of hydrogen-bond acceptors (Lipinski definition) is 7. The standard InChI is InChI=1S/C19H19N3O5/c1-4-25-18(23)15-11(2)16(20-12(15)3)19(24)26-10-14-21-22-17(27-14)13-8-6-5-7-9-13/h5-9,20H,4,10H2,1-3H3. The van der Waals surface area contributed by atoms with Crippen LogP contribution < -0.4 is 0 Å². The Labute approximate surface area is 155 Å². The maximum Gasteiger partial charge on any atom is 0.355 e. The molecule has 0 radical (unpaired) electrons. The minimum atomic E-state index is -0.620. The van der Waals surface area contributed by atoms with Crippen molar-refractivity contribution < 1.29 is 23.5 Å². The predicted molar refractivity (Wildman–Crippen MR) is 95.1 cm³/mol. The molecule has 0 saturated carbocycles. The van der Waals surface area contributed by atoms with Gasteiger partial charge in [0.2, 0.25) is 5.89 Å². The number of esters is 2. The van der Waals surface area contributed by atoms with E-state index in [1.165, 1.54) is 0 Å². The van der Waals surface area contributed by atoms with Crippen LogP contribution in [0.25, 0.3) is 11.5 Å². The van der Waals surface area contributed by atoms with Crippen molar-refractivity contribution in [1.29, 1.82) is 0 Å². The number of carbonyl (C=O) groups is 2. The number of ether oxygens (including phenoxy) is 2. The van der Waals surface area contributed by atoms with E-state index in [-0.39, 0.29) is 24.8 Å². The van der Waals surface area contributed by atoms with Crippen LogP contribution in [0.3, 0.4) is 0 Å². The van der Waals surface area contributed by atoms with Gasteiger partial charge in [0, 0.05) is 11.3 Å². The number of aromatic amines is 1. The molecular formula is C19H19N3O5. The van der Waals surface area contributed by atoms with Gasteiger partial charge in [0.05, 0.1) is 12.2 Å². The molecule has 140 valence electrons. The SMILES string of the molecule is CCOC(=O)c1c(C)[nH]c(C(=O)OCc2nnc(-c3ccccc3)o2)c1C. The fraction of sp³-hybridized carbons (Fsp3) is 0.263. The molecule has 8 nitrogen and oxygen atoms in total. The zero-order valence-electron chi connectivity index (χ0n) is 15.2. The zero-order valence-corrected chi connectivity index (χ0v) is 15.2. The third-order valence-corrected chi connectivity index (χ3v) is 3.94. The van der Waals surface area contributed by atoms with E-state index in [4.69, 9.17) is 13.9 Å². The average molecular weight is 369 g/mol. The number of benzene rings is 1. The largest absolute Gasteiger partial charge is 0.462 e. The summed E-state index contributed by atoms with van der Waals surface area (Å²) in [6.45, 7) is 5.15. The van der Waals surface area contributed by atoms with E-state index in [0.717, 1.165) is 5.56 Å². The van der Waals surface area contributed by atoms with E-state index >= 15 is 0 Å². The van der Waals surface area contributed by atoms with E-state index in [0.29, 0.717) is 22.7 Å². The third kappa shape index (κ3) is 3.89. The monoisotopic (exact) mass is 369 g/mol. The first kappa shape index (κ1) is 18.4. The minimum absolute atomic E-state index is 0.175. The van der Waals surface area contributed by atoms with Crippen LogP contribution in [0.15, 0.2) is 34.7 Å². The highest BCUT2D eigenvalue weighted by atomic mass is 16.5. The first-order valence-electron chi connectivity index (χ1n) is 8.42. The van der Waals surface area contributed by atoms with Gasteiger partial charge in [-0.2, -0.15) is 0 Å². The Bertz CT molecular complexity index is 959. The Morgan fingerprint density at radius 1 is 1.07 bits per heavy atom. The smallest absolute Gasteiger partial charge is 0.355 e. The summed E-state index contributed by atoms with van der Waals surface area (Å²) in [7, 11) is 0. The second kappa shape index (κ2) is 7.86. The van der Waals surface area contributed by atoms with Crippen LogP contribution in [0.4, 0.5) is 0 Å². The van der Waals surface area contributed by atoms with Gasteiger partial charge in [-0.15, -0.1) is 10.2 Å². The molecule has 2 aromatic heterocycles. The maximum atomic E-state index is 12.4. The van der Waals surface area contributed by atoms with Gasteiger partial charge >= 0.3 is 11.9 Å². The number of aryl methyl sites for hydroxylation is 1. The van der Waals surface area contributed by atoms with Gasteiger partial charge in [-0.1, -0.05) is 18.2 Å². The molecule has 0 aliphatic rings. The van der Waals surface area contributed by atoms with Gasteiger partial charge < -0.3 is 18.9 Å². The molecule has 0 bridgehead atoms. The molecule has 0 aliphatic heterocycles. The second-order valence-corrected chi connectivity index (χ2v) is 5.79. The molecule has 0 saturated heterocycles. The second-order valence-electron chi connectivity index (χ2n) is 5.79. The Balaban J connectivity index is 1.69. The molecule has 27 heavy (non-hydrogen) atoms. The predicted octanol–water partition coefficient (Wildman–Crippen LogP) is 3.22. The van der Waals surface area contributed by atoms with Crippen molar-refractivity contribution in [3.63, 3.8) is 0 Å². The summed E-state index contributed by atoms with van der Waals surface area (Å²) in [5.41, 5.74) is 2.33. The summed E-state index contributed by atoms with van der Waals surface area (Å²) in [5, 5.41) is 7.82. The van der Waals surface area contributed by atoms with Crippen molar-refractivity contribution in [2.24, 2.45) is 0 Å². The van der Waals surface area contributed by atoms with E-state index in [1.807, 2.05) is 30.3 Å². The molecule has 1 N–H and O–H groups in total. The lowest BCUT2D eigenvalue weighted by Crippen LogP contribution is -2.09. The lowest BCUT2D eigenvalue weighted by molar-refractivity contribution is 0.0431. The van der Waals surface area contributed by atoms with Gasteiger partial charge in [-0.3, -0.25) is 0 Å². The van der Waals surface area contributed by atoms with Crippen molar-refractivity contribution in [2.75, 3.05) is 6.61 Å². The fourth-order valence-electron chi connectivity index (χ4n) is 2.67. The van der Waals surface area contributed by atoms with Crippen LogP contribution in [-0.2, 0) is 16.1 Å². The Morgan fingerprint density at radius 2 is 1.81 bits per heavy atom. The number of hydrogen-bond donors (Lipinski definition) is 1. The van der Waals surface area contributed by atoms with Crippen LogP contribution in [-0.4, -0.2) is 33.7 Å². The number of rotatable bonds is 6. The normalized spacial score (nSPS) is 10.6. The minimum Gasteiger partial charge on any atom is -0.462 e. The number of carbonyl (C=O) groups excluding carboxylic acids is 2. The topological polar surface area (TPSA) is 107 Å². The highest BCUT2D eigenvalue weighted by Gasteiger charge is 2.24. The molecule has 0 spiro atoms. The average Bonchev–Trinajstić information content (AvgIpc) is 3.25. The molecule has 2 heterocycles. The maximum absolute atomic E-state index is 12.4. The van der Waals surface area contributed by atoms with Crippen LogP contribution in [0.2, 0.25) is 0 Å². The summed E-state index contributed by atoms with van der Waals surface area (Å²) in [5.74, 6) is -0.579. The van der Waals surface area contributed by atoms with Crippen molar-refractivity contribution in [1.82, 2.24) is 15.2 Å². The van der Waals surface area contributed by atoms with Gasteiger partial charge in [0.1, 0.15) is 5.69 Å². The van der Waals surface area contributed by atoms with E-state index in [1.54, 1.807) is 20.8 Å². The lowest BCUT2D eigenvalue weighted by Gasteiger charge is -2.03. The molecule has 0 amide bonds. The van der Waals surface area contributed by atoms with Gasteiger partial charge in [-0.05, 0) is 38.5 Å². The summed E-state index contributed by atoms with van der Waals surface area (Å²) >= 11 is 0. The molecule has 3 rings (SSSR count). The quantitative estimate of drug-likeness (QED) is 0.665. The lowest BCUT2D eigenvalue weighted by atomic mass is 10.1. The van der Waals surface area contributed by atoms with E-state index in [9.17, 15) is 9.59 Å². The molecule has 0 unspecified atom stereocenters. The van der Waals surface area contributed by atoms with Crippen molar-refractivity contribution in [3.8, 4) is 11.5 Å². The molecule has 3 aromatic rings. The Hall–Kier alpha value is -3.42. The van der Waals surface area contributed by atoms with Crippen LogP contribution in [0.5, 0.6) is 0 Å². The Kier molecular flexibility index (Phi) is 5.35. The molecule has 0 atom stereocenters. The number of nitrogens with one attached hydrogen (secondary N) is 1. The molecular weight excluding hydrogens is 350 g/mol. The van der Waals surface area contributed by atoms with E-state index < -0.39 is 11.9 Å². The zero-order chi connectivity index (χ0) is 19.4. The summed E-state index contributed by atoms with van der Waals surface area (Å²) in [6.07, 6.45) is 0. The van der Waals surface area contributed by atoms with Gasteiger partial charge in [0.25, 0.3) is 5.89 Å². The van der Waals surface area contributed by atoms with Crippen molar-refractivity contribution >= 4 is 11.9 Å². The third-order valence-electron chi connectivity index (χ3n) is 3.94. The molecule has 8 heteroatoms. The van der Waals surface area contributed by atoms with Gasteiger partial charge in [0.15, 0.2) is 6.61 Å². The van der Waals surface area contributed by atoms with Crippen LogP contribution in [0, 0.1) is 13.8 Å².